The molecule has 14 heteroatoms. The van der Waals surface area contributed by atoms with E-state index < -0.39 is 44.5 Å². The number of para-hydroxylation sites is 1. The predicted octanol–water partition coefficient (Wildman–Crippen LogP) is 3.18. The van der Waals surface area contributed by atoms with E-state index in [-0.39, 0.29) is 33.4 Å². The molecule has 0 spiro atoms. The number of amides is 1. The van der Waals surface area contributed by atoms with E-state index in [0.29, 0.717) is 10.4 Å². The van der Waals surface area contributed by atoms with Crippen LogP contribution < -0.4 is 16.6 Å². The first kappa shape index (κ1) is 24.6. The molecule has 0 atom stereocenters. The first-order valence-corrected chi connectivity index (χ1v) is 13.1. The van der Waals surface area contributed by atoms with Crippen LogP contribution in [0.25, 0.3) is 10.6 Å². The summed E-state index contributed by atoms with van der Waals surface area (Å²) < 4.78 is 44.3. The van der Waals surface area contributed by atoms with Gasteiger partial charge in [0.25, 0.3) is 21.5 Å². The zero-order chi connectivity index (χ0) is 26.5. The van der Waals surface area contributed by atoms with Gasteiger partial charge in [0.15, 0.2) is 11.6 Å². The highest BCUT2D eigenvalue weighted by Crippen LogP contribution is 2.36. The summed E-state index contributed by atoms with van der Waals surface area (Å²) in [4.78, 5) is 25.7. The lowest BCUT2D eigenvalue weighted by atomic mass is 10.1. The largest absolute Gasteiger partial charge is 0.505 e. The number of thiophene rings is 1. The third-order valence-electron chi connectivity index (χ3n) is 5.46. The van der Waals surface area contributed by atoms with Crippen molar-refractivity contribution in [2.24, 2.45) is 10.1 Å². The number of nitrogens with two attached hydrogens (primary N) is 1. The highest BCUT2D eigenvalue weighted by molar-refractivity contribution is 7.90. The van der Waals surface area contributed by atoms with Gasteiger partial charge in [0.05, 0.1) is 27.7 Å². The standard InChI is InChI=1S/C23H15ClFN5O5S2/c24-13-9-11(6-7-14(13)25)10-30-23(33)17(20(31)19(28-30)15-4-2-8-36-15)22-27-18-12(21(26)32)3-1-5-16(18)37(34,35)29-22/h1-9,31H,10H2,(H2,26,32)(H,27,29). The predicted molar refractivity (Wildman–Crippen MR) is 136 cm³/mol. The number of carbonyl (C=O) groups is 1. The Bertz CT molecular complexity index is 1790. The van der Waals surface area contributed by atoms with Crippen molar-refractivity contribution < 1.29 is 22.7 Å². The van der Waals surface area contributed by atoms with Gasteiger partial charge in [0.1, 0.15) is 22.0 Å². The molecule has 1 amide bonds. The van der Waals surface area contributed by atoms with Gasteiger partial charge in [-0.15, -0.1) is 15.7 Å². The summed E-state index contributed by atoms with van der Waals surface area (Å²) in [6, 6.07) is 11.1. The van der Waals surface area contributed by atoms with Crippen LogP contribution in [0.2, 0.25) is 5.02 Å². The minimum Gasteiger partial charge on any atom is -0.505 e. The van der Waals surface area contributed by atoms with Gasteiger partial charge in [-0.25, -0.2) is 9.07 Å². The van der Waals surface area contributed by atoms with E-state index in [0.717, 1.165) is 10.7 Å². The Labute approximate surface area is 217 Å². The van der Waals surface area contributed by atoms with Gasteiger partial charge in [0, 0.05) is 0 Å². The molecule has 0 fully saturated rings. The van der Waals surface area contributed by atoms with E-state index in [4.69, 9.17) is 17.3 Å². The number of hydrogen-bond acceptors (Lipinski definition) is 8. The van der Waals surface area contributed by atoms with Crippen LogP contribution >= 0.6 is 22.9 Å². The third-order valence-corrected chi connectivity index (χ3v) is 7.95. The summed E-state index contributed by atoms with van der Waals surface area (Å²) in [5.74, 6) is -2.70. The van der Waals surface area contributed by atoms with Crippen molar-refractivity contribution in [2.45, 2.75) is 11.4 Å². The van der Waals surface area contributed by atoms with Gasteiger partial charge in [-0.05, 0) is 41.3 Å². The molecule has 10 nitrogen and oxygen atoms in total. The Morgan fingerprint density at radius 2 is 2.00 bits per heavy atom. The van der Waals surface area contributed by atoms with Crippen molar-refractivity contribution >= 4 is 50.4 Å². The average Bonchev–Trinajstić information content (AvgIpc) is 3.37. The van der Waals surface area contributed by atoms with Crippen LogP contribution in [0.5, 0.6) is 5.75 Å². The summed E-state index contributed by atoms with van der Waals surface area (Å²) in [6.45, 7) is -0.187. The van der Waals surface area contributed by atoms with E-state index >= 15 is 0 Å². The molecule has 0 radical (unpaired) electrons. The third kappa shape index (κ3) is 4.37. The van der Waals surface area contributed by atoms with Crippen molar-refractivity contribution in [2.75, 3.05) is 5.32 Å². The van der Waals surface area contributed by atoms with Gasteiger partial charge in [-0.1, -0.05) is 29.8 Å². The summed E-state index contributed by atoms with van der Waals surface area (Å²) in [5.41, 5.74) is 4.09. The molecule has 1 aliphatic heterocycles. The maximum Gasteiger partial charge on any atom is 0.286 e. The molecule has 3 heterocycles. The summed E-state index contributed by atoms with van der Waals surface area (Å²) in [5, 5.41) is 19.6. The molecule has 0 saturated carbocycles. The van der Waals surface area contributed by atoms with Crippen molar-refractivity contribution in [1.29, 1.82) is 0 Å². The van der Waals surface area contributed by atoms with Gasteiger partial charge >= 0.3 is 0 Å². The zero-order valence-corrected chi connectivity index (χ0v) is 20.9. The smallest absolute Gasteiger partial charge is 0.286 e. The number of halogens is 2. The minimum absolute atomic E-state index is 0.0197. The number of fused-ring (bicyclic) bond motifs is 1. The van der Waals surface area contributed by atoms with Crippen molar-refractivity contribution in [3.63, 3.8) is 0 Å². The first-order valence-electron chi connectivity index (χ1n) is 10.4. The van der Waals surface area contributed by atoms with E-state index in [1.54, 1.807) is 17.5 Å². The number of amidine groups is 1. The number of hydrogen-bond donors (Lipinski definition) is 3. The molecule has 0 aliphatic carbocycles. The first-order chi connectivity index (χ1) is 17.6. The minimum atomic E-state index is -4.40. The average molecular weight is 560 g/mol. The summed E-state index contributed by atoms with van der Waals surface area (Å²) >= 11 is 7.09. The molecule has 2 aromatic heterocycles. The van der Waals surface area contributed by atoms with E-state index in [2.05, 4.69) is 14.8 Å². The second kappa shape index (κ2) is 9.10. The van der Waals surface area contributed by atoms with E-state index in [1.165, 1.54) is 41.7 Å². The lowest BCUT2D eigenvalue weighted by Gasteiger charge is -2.21. The Kier molecular flexibility index (Phi) is 6.06. The maximum atomic E-state index is 13.6. The second-order valence-corrected chi connectivity index (χ2v) is 10.8. The molecular weight excluding hydrogens is 545 g/mol. The number of primary amides is 1. The molecule has 0 bridgehead atoms. The molecule has 1 aliphatic rings. The molecule has 0 unspecified atom stereocenters. The molecule has 188 valence electrons. The summed E-state index contributed by atoms with van der Waals surface area (Å²) in [6.07, 6.45) is 0. The van der Waals surface area contributed by atoms with Crippen LogP contribution in [0.1, 0.15) is 21.5 Å². The highest BCUT2D eigenvalue weighted by Gasteiger charge is 2.32. The van der Waals surface area contributed by atoms with Crippen LogP contribution in [0.15, 0.2) is 68.0 Å². The van der Waals surface area contributed by atoms with E-state index in [1.807, 2.05) is 0 Å². The van der Waals surface area contributed by atoms with E-state index in [9.17, 15) is 27.5 Å². The molecule has 0 saturated heterocycles. The molecule has 2 aromatic carbocycles. The molecule has 5 rings (SSSR count). The van der Waals surface area contributed by atoms with Crippen LogP contribution in [0, 0.1) is 5.82 Å². The number of sulfonamides is 1. The van der Waals surface area contributed by atoms with Gasteiger partial charge in [-0.3, -0.25) is 9.59 Å². The Morgan fingerprint density at radius 3 is 2.68 bits per heavy atom. The molecule has 37 heavy (non-hydrogen) atoms. The second-order valence-electron chi connectivity index (χ2n) is 7.84. The van der Waals surface area contributed by atoms with Crippen molar-refractivity contribution in [1.82, 2.24) is 9.78 Å². The molecule has 4 aromatic rings. The van der Waals surface area contributed by atoms with Gasteiger partial charge in [0.2, 0.25) is 0 Å². The fourth-order valence-corrected chi connectivity index (χ4v) is 5.83. The fraction of sp³-hybridized carbons (Fsp3) is 0.0435. The number of benzene rings is 2. The Hall–Kier alpha value is -4.07. The number of nitrogens with one attached hydrogen (secondary N) is 1. The van der Waals surface area contributed by atoms with Gasteiger partial charge in [-0.2, -0.15) is 13.5 Å². The number of aromatic nitrogens is 2. The number of rotatable bonds is 5. The van der Waals surface area contributed by atoms with Gasteiger partial charge < -0.3 is 16.2 Å². The number of anilines is 1. The highest BCUT2D eigenvalue weighted by atomic mass is 35.5. The summed E-state index contributed by atoms with van der Waals surface area (Å²) in [7, 11) is -4.40. The molecular formula is C23H15ClFN5O5S2. The van der Waals surface area contributed by atoms with Crippen LogP contribution in [-0.4, -0.2) is 35.0 Å². The zero-order valence-electron chi connectivity index (χ0n) is 18.5. The quantitative estimate of drug-likeness (QED) is 0.339. The monoisotopic (exact) mass is 559 g/mol. The SMILES string of the molecule is NC(=O)c1cccc2c1NC(c1c(O)c(-c3cccs3)nn(Cc3ccc(F)c(Cl)c3)c1=O)=NS2(=O)=O. The topological polar surface area (TPSA) is 157 Å². The van der Waals surface area contributed by atoms with Crippen LogP contribution in [0.3, 0.4) is 0 Å². The maximum absolute atomic E-state index is 13.6. The Morgan fingerprint density at radius 1 is 1.22 bits per heavy atom. The molecule has 4 N–H and O–H groups in total. The number of aromatic hydroxyl groups is 1. The lowest BCUT2D eigenvalue weighted by Crippen LogP contribution is -2.35. The van der Waals surface area contributed by atoms with Crippen LogP contribution in [-0.2, 0) is 16.6 Å². The fourth-order valence-electron chi connectivity index (χ4n) is 3.77. The Balaban J connectivity index is 1.74. The van der Waals surface area contributed by atoms with Crippen molar-refractivity contribution in [3.8, 4) is 16.3 Å². The number of nitrogens with zero attached hydrogens (tertiary/aromatic N) is 3. The lowest BCUT2D eigenvalue weighted by molar-refractivity contribution is 0.100. The van der Waals surface area contributed by atoms with Crippen LogP contribution in [0.4, 0.5) is 10.1 Å². The van der Waals surface area contributed by atoms with Crippen molar-refractivity contribution in [3.05, 3.63) is 91.8 Å². The number of carbonyl (C=O) groups excluding carboxylic acids is 1. The normalized spacial score (nSPS) is 13.9.